The number of carbonyl (C=O) groups excluding carboxylic acids is 2. The van der Waals surface area contributed by atoms with Crippen molar-refractivity contribution in [2.45, 2.75) is 23.9 Å². The maximum atomic E-state index is 13.7. The Bertz CT molecular complexity index is 3220. The fourth-order valence-electron chi connectivity index (χ4n) is 10.5. The average Bonchev–Trinajstić information content (AvgIpc) is 4.07. The molecule has 0 saturated heterocycles. The number of H-pyrrole nitrogens is 2. The third-order valence-corrected chi connectivity index (χ3v) is 14.0. The number of hydrogen-bond donors (Lipinski definition) is 4. The highest BCUT2D eigenvalue weighted by Gasteiger charge is 2.37. The quantitative estimate of drug-likeness (QED) is 0.0388. The van der Waals surface area contributed by atoms with Crippen LogP contribution in [0.25, 0.3) is 21.8 Å². The summed E-state index contributed by atoms with van der Waals surface area (Å²) in [5.41, 5.74) is 10.1. The van der Waals surface area contributed by atoms with Crippen molar-refractivity contribution in [2.24, 2.45) is 0 Å². The minimum absolute atomic E-state index is 0.227. The summed E-state index contributed by atoms with van der Waals surface area (Å²) in [4.78, 5) is 34.3. The molecule has 0 atom stereocenters. The summed E-state index contributed by atoms with van der Waals surface area (Å²) in [5.74, 6) is -0.376. The van der Waals surface area contributed by atoms with E-state index in [1.54, 1.807) is 30.3 Å². The predicted molar refractivity (Wildman–Crippen MR) is 295 cm³/mol. The third kappa shape index (κ3) is 9.55. The molecule has 0 fully saturated rings. The summed E-state index contributed by atoms with van der Waals surface area (Å²) < 4.78 is 11.9. The van der Waals surface area contributed by atoms with E-state index in [4.69, 9.17) is 9.47 Å². The van der Waals surface area contributed by atoms with Crippen LogP contribution in [0.4, 0.5) is 0 Å². The van der Waals surface area contributed by atoms with E-state index in [2.05, 4.69) is 166 Å². The lowest BCUT2D eigenvalue weighted by Gasteiger charge is -2.37. The van der Waals surface area contributed by atoms with Gasteiger partial charge in [-0.3, -0.25) is 10.6 Å². The lowest BCUT2D eigenvalue weighted by Crippen LogP contribution is -2.45. The predicted octanol–water partition coefficient (Wildman–Crippen LogP) is 13.3. The first kappa shape index (κ1) is 47.3. The number of aromatic amines is 2. The molecule has 0 bridgehead atoms. The lowest BCUT2D eigenvalue weighted by molar-refractivity contribution is 0.0734. The van der Waals surface area contributed by atoms with Crippen LogP contribution in [0.2, 0.25) is 0 Å². The topological polar surface area (TPSA) is 108 Å². The van der Waals surface area contributed by atoms with Gasteiger partial charge >= 0.3 is 11.9 Å². The van der Waals surface area contributed by atoms with Gasteiger partial charge < -0.3 is 19.4 Å². The van der Waals surface area contributed by atoms with Crippen LogP contribution in [0.3, 0.4) is 0 Å². The first-order valence-corrected chi connectivity index (χ1v) is 25.1. The number of ether oxygens (including phenoxy) is 2. The summed E-state index contributed by atoms with van der Waals surface area (Å²) in [6, 6.07) is 80.9. The number of hydrogen-bond acceptors (Lipinski definition) is 6. The van der Waals surface area contributed by atoms with Gasteiger partial charge in [-0.15, -0.1) is 0 Å². The molecule has 0 aliphatic carbocycles. The Balaban J connectivity index is 0.768. The molecule has 0 amide bonds. The van der Waals surface area contributed by atoms with Crippen molar-refractivity contribution in [3.63, 3.8) is 0 Å². The Morgan fingerprint density at radius 2 is 0.676 bits per heavy atom. The molecule has 4 N–H and O–H groups in total. The molecule has 11 rings (SSSR count). The van der Waals surface area contributed by atoms with Crippen molar-refractivity contribution in [3.05, 3.63) is 311 Å². The van der Waals surface area contributed by atoms with E-state index in [0.717, 1.165) is 66.3 Å². The molecular weight excluding hydrogens is 913 g/mol. The van der Waals surface area contributed by atoms with Crippen molar-refractivity contribution >= 4 is 33.7 Å². The molecule has 11 aromatic rings. The number of rotatable bonds is 18. The van der Waals surface area contributed by atoms with Crippen LogP contribution in [0.1, 0.15) is 65.2 Å². The molecule has 0 radical (unpaired) electrons. The van der Waals surface area contributed by atoms with Crippen LogP contribution in [0.15, 0.2) is 255 Å². The zero-order chi connectivity index (χ0) is 50.2. The Hall–Kier alpha value is -9.08. The van der Waals surface area contributed by atoms with Gasteiger partial charge in [0.25, 0.3) is 0 Å². The number of benzene rings is 9. The Morgan fingerprint density at radius 1 is 0.365 bits per heavy atom. The van der Waals surface area contributed by atoms with E-state index in [1.807, 2.05) is 73.1 Å². The Morgan fingerprint density at radius 3 is 0.986 bits per heavy atom. The van der Waals surface area contributed by atoms with Crippen molar-refractivity contribution in [1.82, 2.24) is 20.6 Å². The first-order valence-electron chi connectivity index (χ1n) is 25.1. The van der Waals surface area contributed by atoms with Gasteiger partial charge in [0.2, 0.25) is 0 Å². The minimum Gasteiger partial charge on any atom is -0.423 e. The second-order valence-corrected chi connectivity index (χ2v) is 18.5. The number of fused-ring (bicyclic) bond motifs is 2. The highest BCUT2D eigenvalue weighted by molar-refractivity contribution is 5.97. The van der Waals surface area contributed by atoms with Crippen LogP contribution in [0.5, 0.6) is 11.5 Å². The van der Waals surface area contributed by atoms with Crippen molar-refractivity contribution in [2.75, 3.05) is 13.1 Å². The Labute approximate surface area is 430 Å². The van der Waals surface area contributed by atoms with E-state index in [9.17, 15) is 9.59 Å². The SMILES string of the molecule is O=C(Oc1ccc2[nH]cc(CCNC(c3ccccc3)(c3ccccc3)c3ccccc3)c2c1)c1cccc(C(=O)Oc2ccc3[nH]cc(CCNC(c4ccccc4)(c4ccccc4)c4ccccc4)c3c2)c1. The number of carbonyl (C=O) groups is 2. The standard InChI is InChI=1S/C66H54N4O4/c71-63(73-57-34-36-61-59(43-57)49(45-67-61)38-40-69-65(51-22-7-1-8-23-51,52-24-9-2-10-25-52)53-26-11-3-12-27-53)47-20-19-21-48(42-47)64(72)74-58-35-37-62-60(44-58)50(46-68-62)39-41-70-66(54-28-13-4-14-29-54,55-30-15-5-16-31-55)56-32-17-6-18-33-56/h1-37,42-46,67-70H,38-41H2. The molecule has 0 aliphatic rings. The number of esters is 2. The van der Waals surface area contributed by atoms with E-state index in [0.29, 0.717) is 37.4 Å². The zero-order valence-electron chi connectivity index (χ0n) is 40.7. The van der Waals surface area contributed by atoms with E-state index in [-0.39, 0.29) is 11.1 Å². The van der Waals surface area contributed by atoms with Crippen LogP contribution < -0.4 is 20.1 Å². The van der Waals surface area contributed by atoms with Crippen LogP contribution in [0, 0.1) is 0 Å². The van der Waals surface area contributed by atoms with E-state index < -0.39 is 23.0 Å². The van der Waals surface area contributed by atoms with Crippen molar-refractivity contribution in [3.8, 4) is 11.5 Å². The van der Waals surface area contributed by atoms with Crippen molar-refractivity contribution < 1.29 is 19.1 Å². The highest BCUT2D eigenvalue weighted by atomic mass is 16.5. The van der Waals surface area contributed by atoms with E-state index >= 15 is 0 Å². The maximum absolute atomic E-state index is 13.7. The average molecular weight is 967 g/mol. The fourth-order valence-corrected chi connectivity index (χ4v) is 10.5. The maximum Gasteiger partial charge on any atom is 0.343 e. The van der Waals surface area contributed by atoms with E-state index in [1.165, 1.54) is 6.07 Å². The van der Waals surface area contributed by atoms with Gasteiger partial charge in [0.1, 0.15) is 11.5 Å². The largest absolute Gasteiger partial charge is 0.423 e. The molecule has 0 spiro atoms. The van der Waals surface area contributed by atoms with Gasteiger partial charge in [-0.05, 0) is 112 Å². The zero-order valence-corrected chi connectivity index (χ0v) is 40.7. The molecular formula is C66H54N4O4. The first-order chi connectivity index (χ1) is 36.5. The summed E-state index contributed by atoms with van der Waals surface area (Å²) in [6.07, 6.45) is 5.43. The second kappa shape index (κ2) is 21.3. The van der Waals surface area contributed by atoms with Gasteiger partial charge in [0.15, 0.2) is 0 Å². The van der Waals surface area contributed by atoms with Crippen molar-refractivity contribution in [1.29, 1.82) is 0 Å². The molecule has 362 valence electrons. The third-order valence-electron chi connectivity index (χ3n) is 14.0. The highest BCUT2D eigenvalue weighted by Crippen LogP contribution is 2.39. The summed E-state index contributed by atoms with van der Waals surface area (Å²) in [6.45, 7) is 1.30. The molecule has 0 aliphatic heterocycles. The monoisotopic (exact) mass is 966 g/mol. The van der Waals surface area contributed by atoms with Gasteiger partial charge in [-0.2, -0.15) is 0 Å². The molecule has 0 unspecified atom stereocenters. The number of nitrogens with one attached hydrogen (secondary N) is 4. The molecule has 2 aromatic heterocycles. The van der Waals surface area contributed by atoms with Crippen LogP contribution >= 0.6 is 0 Å². The van der Waals surface area contributed by atoms with Gasteiger partial charge in [0, 0.05) is 47.3 Å². The molecule has 0 saturated carbocycles. The molecule has 2 heterocycles. The smallest absolute Gasteiger partial charge is 0.343 e. The summed E-state index contributed by atoms with van der Waals surface area (Å²) >= 11 is 0. The second-order valence-electron chi connectivity index (χ2n) is 18.5. The van der Waals surface area contributed by atoms with Crippen LogP contribution in [-0.4, -0.2) is 35.0 Å². The normalized spacial score (nSPS) is 11.7. The summed E-state index contributed by atoms with van der Waals surface area (Å²) in [5, 5.41) is 9.87. The fraction of sp³-hybridized carbons (Fsp3) is 0.0909. The molecule has 9 aromatic carbocycles. The Kier molecular flexibility index (Phi) is 13.6. The molecule has 8 heteroatoms. The minimum atomic E-state index is -0.598. The van der Waals surface area contributed by atoms with Gasteiger partial charge in [-0.1, -0.05) is 188 Å². The summed E-state index contributed by atoms with van der Waals surface area (Å²) in [7, 11) is 0. The van der Waals surface area contributed by atoms with Gasteiger partial charge in [-0.25, -0.2) is 9.59 Å². The molecule has 74 heavy (non-hydrogen) atoms. The van der Waals surface area contributed by atoms with Crippen LogP contribution in [-0.2, 0) is 23.9 Å². The number of aromatic nitrogens is 2. The van der Waals surface area contributed by atoms with Gasteiger partial charge in [0.05, 0.1) is 22.2 Å². The lowest BCUT2D eigenvalue weighted by atomic mass is 9.77. The molecule has 8 nitrogen and oxygen atoms in total.